The van der Waals surface area contributed by atoms with Crippen molar-refractivity contribution in [1.82, 2.24) is 0 Å². The van der Waals surface area contributed by atoms with Crippen molar-refractivity contribution in [2.45, 2.75) is 70.8 Å². The van der Waals surface area contributed by atoms with Crippen molar-refractivity contribution in [3.63, 3.8) is 0 Å². The lowest BCUT2D eigenvalue weighted by Gasteiger charge is -2.24. The third kappa shape index (κ3) is 3.22. The molecule has 1 aliphatic carbocycles. The molecule has 0 amide bonds. The molecule has 0 nitrogen and oxygen atoms in total. The summed E-state index contributed by atoms with van der Waals surface area (Å²) in [6.07, 6.45) is 0. The van der Waals surface area contributed by atoms with Gasteiger partial charge in [0.2, 0.25) is 0 Å². The highest BCUT2D eigenvalue weighted by Gasteiger charge is 2.33. The third-order valence-corrected chi connectivity index (χ3v) is 7.27. The molecule has 3 rings (SSSR count). The van der Waals surface area contributed by atoms with Crippen LogP contribution in [0.15, 0.2) is 30.3 Å². The minimum Gasteiger partial charge on any atom is -0.113 e. The summed E-state index contributed by atoms with van der Waals surface area (Å²) in [4.78, 5) is 0. The van der Waals surface area contributed by atoms with Crippen LogP contribution in [-0.2, 0) is 10.8 Å². The molecule has 0 spiro atoms. The molecule has 0 heterocycles. The van der Waals surface area contributed by atoms with Gasteiger partial charge in [0, 0.05) is 0 Å². The van der Waals surface area contributed by atoms with Crippen molar-refractivity contribution in [3.8, 4) is 11.1 Å². The predicted molar refractivity (Wildman–Crippen MR) is 114 cm³/mol. The lowest BCUT2D eigenvalue weighted by Crippen LogP contribution is -2.29. The van der Waals surface area contributed by atoms with Crippen molar-refractivity contribution < 1.29 is 0 Å². The first kappa shape index (κ1) is 18.7. The normalized spacial score (nSPS) is 17.0. The Morgan fingerprint density at radius 2 is 1.36 bits per heavy atom. The van der Waals surface area contributed by atoms with Crippen molar-refractivity contribution >= 4 is 25.6 Å². The second kappa shape index (κ2) is 5.99. The SMILES string of the molecule is C[Si](C)c1cc(C(C)(C)C)cc2c1C(Cl)c1ccc(C(C)(C)C)cc1-2. The summed E-state index contributed by atoms with van der Waals surface area (Å²) in [5.74, 6) is 0. The van der Waals surface area contributed by atoms with E-state index >= 15 is 0 Å². The molecule has 0 aliphatic heterocycles. The van der Waals surface area contributed by atoms with Gasteiger partial charge < -0.3 is 0 Å². The Kier molecular flexibility index (Phi) is 4.49. The summed E-state index contributed by atoms with van der Waals surface area (Å²) in [5, 5.41) is 1.49. The lowest BCUT2D eigenvalue weighted by molar-refractivity contribution is 0.589. The number of hydrogen-bond acceptors (Lipinski definition) is 0. The summed E-state index contributed by atoms with van der Waals surface area (Å²) in [7, 11) is -0.590. The zero-order valence-corrected chi connectivity index (χ0v) is 18.6. The van der Waals surface area contributed by atoms with Gasteiger partial charge in [0.25, 0.3) is 0 Å². The van der Waals surface area contributed by atoms with Crippen LogP contribution in [0.1, 0.15) is 69.2 Å². The molecule has 1 unspecified atom stereocenters. The Morgan fingerprint density at radius 1 is 0.800 bits per heavy atom. The maximum absolute atomic E-state index is 6.97. The van der Waals surface area contributed by atoms with E-state index < -0.39 is 8.80 Å². The van der Waals surface area contributed by atoms with E-state index in [2.05, 4.69) is 85.0 Å². The Morgan fingerprint density at radius 3 is 1.88 bits per heavy atom. The zero-order valence-electron chi connectivity index (χ0n) is 16.8. The van der Waals surface area contributed by atoms with E-state index in [0.717, 1.165) is 0 Å². The molecule has 1 atom stereocenters. The molecule has 0 saturated heterocycles. The van der Waals surface area contributed by atoms with Crippen LogP contribution in [-0.4, -0.2) is 8.80 Å². The Bertz CT molecular complexity index is 819. The highest BCUT2D eigenvalue weighted by Crippen LogP contribution is 2.48. The van der Waals surface area contributed by atoms with Crippen LogP contribution in [0.25, 0.3) is 11.1 Å². The molecular formula is C23H30ClSi. The smallest absolute Gasteiger partial charge is 0.0846 e. The molecule has 2 aromatic rings. The van der Waals surface area contributed by atoms with Gasteiger partial charge in [-0.25, -0.2) is 0 Å². The van der Waals surface area contributed by atoms with Crippen molar-refractivity contribution in [1.29, 1.82) is 0 Å². The number of benzene rings is 2. The summed E-state index contributed by atoms with van der Waals surface area (Å²) in [5.41, 5.74) is 8.46. The maximum Gasteiger partial charge on any atom is 0.0846 e. The molecule has 2 aromatic carbocycles. The fourth-order valence-corrected chi connectivity index (χ4v) is 5.41. The second-order valence-electron chi connectivity index (χ2n) is 9.65. The minimum absolute atomic E-state index is 0.0112. The number of fused-ring (bicyclic) bond motifs is 3. The lowest BCUT2D eigenvalue weighted by atomic mass is 9.83. The van der Waals surface area contributed by atoms with E-state index in [1.54, 1.807) is 0 Å². The molecule has 133 valence electrons. The van der Waals surface area contributed by atoms with E-state index in [9.17, 15) is 0 Å². The van der Waals surface area contributed by atoms with Gasteiger partial charge in [0.1, 0.15) is 0 Å². The standard InChI is InChI=1S/C23H30ClSi/c1-22(2,3)14-9-10-16-17(11-14)18-12-15(23(4,5)6)13-19(25(7)8)20(18)21(16)24/h9-13,21H,1-8H3. The van der Waals surface area contributed by atoms with Crippen molar-refractivity contribution in [2.75, 3.05) is 0 Å². The molecule has 0 bridgehead atoms. The van der Waals surface area contributed by atoms with E-state index in [1.165, 1.54) is 38.6 Å². The molecule has 1 radical (unpaired) electrons. The number of hydrogen-bond donors (Lipinski definition) is 0. The molecule has 25 heavy (non-hydrogen) atoms. The van der Waals surface area contributed by atoms with Gasteiger partial charge >= 0.3 is 0 Å². The average molecular weight is 370 g/mol. The summed E-state index contributed by atoms with van der Waals surface area (Å²) < 4.78 is 0. The van der Waals surface area contributed by atoms with Crippen LogP contribution in [0.5, 0.6) is 0 Å². The summed E-state index contributed by atoms with van der Waals surface area (Å²) in [6, 6.07) is 11.7. The zero-order chi connectivity index (χ0) is 18.7. The van der Waals surface area contributed by atoms with E-state index in [1.807, 2.05) is 0 Å². The fraction of sp³-hybridized carbons (Fsp3) is 0.478. The largest absolute Gasteiger partial charge is 0.113 e. The fourth-order valence-electron chi connectivity index (χ4n) is 3.63. The van der Waals surface area contributed by atoms with E-state index in [-0.39, 0.29) is 16.2 Å². The summed E-state index contributed by atoms with van der Waals surface area (Å²) >= 11 is 6.97. The van der Waals surface area contributed by atoms with Gasteiger partial charge in [-0.05, 0) is 44.2 Å². The van der Waals surface area contributed by atoms with Gasteiger partial charge in [-0.2, -0.15) is 0 Å². The van der Waals surface area contributed by atoms with Crippen molar-refractivity contribution in [3.05, 3.63) is 52.6 Å². The number of halogens is 1. The minimum atomic E-state index is -0.590. The number of alkyl halides is 1. The van der Waals surface area contributed by atoms with Gasteiger partial charge in [0.05, 0.1) is 14.2 Å². The average Bonchev–Trinajstić information content (AvgIpc) is 2.77. The topological polar surface area (TPSA) is 0 Å². The van der Waals surface area contributed by atoms with Crippen LogP contribution < -0.4 is 5.19 Å². The molecule has 0 saturated carbocycles. The van der Waals surface area contributed by atoms with Gasteiger partial charge in [-0.15, -0.1) is 11.6 Å². The van der Waals surface area contributed by atoms with Crippen molar-refractivity contribution in [2.24, 2.45) is 0 Å². The molecule has 1 aliphatic rings. The van der Waals surface area contributed by atoms with Gasteiger partial charge in [-0.1, -0.05) is 90.2 Å². The molecule has 0 N–H and O–H groups in total. The van der Waals surface area contributed by atoms with E-state index in [4.69, 9.17) is 11.6 Å². The van der Waals surface area contributed by atoms with Crippen LogP contribution >= 0.6 is 11.6 Å². The van der Waals surface area contributed by atoms with Gasteiger partial charge in [-0.3, -0.25) is 0 Å². The predicted octanol–water partition coefficient (Wildman–Crippen LogP) is 6.55. The molecular weight excluding hydrogens is 340 g/mol. The quantitative estimate of drug-likeness (QED) is 0.394. The molecule has 0 fully saturated rings. The first-order valence-corrected chi connectivity index (χ1v) is 12.1. The highest BCUT2D eigenvalue weighted by molar-refractivity contribution is 6.71. The molecule has 0 aromatic heterocycles. The maximum atomic E-state index is 6.97. The Labute approximate surface area is 160 Å². The van der Waals surface area contributed by atoms with Crippen LogP contribution in [0.3, 0.4) is 0 Å². The van der Waals surface area contributed by atoms with Crippen LogP contribution in [0, 0.1) is 0 Å². The summed E-state index contributed by atoms with van der Waals surface area (Å²) in [6.45, 7) is 18.5. The van der Waals surface area contributed by atoms with Crippen LogP contribution in [0.2, 0.25) is 13.1 Å². The first-order chi connectivity index (χ1) is 11.4. The molecule has 2 heteroatoms. The first-order valence-electron chi connectivity index (χ1n) is 9.19. The Hall–Kier alpha value is -1.05. The third-order valence-electron chi connectivity index (χ3n) is 5.32. The monoisotopic (exact) mass is 369 g/mol. The van der Waals surface area contributed by atoms with Gasteiger partial charge in [0.15, 0.2) is 0 Å². The number of rotatable bonds is 1. The highest BCUT2D eigenvalue weighted by atomic mass is 35.5. The van der Waals surface area contributed by atoms with Crippen LogP contribution in [0.4, 0.5) is 0 Å². The second-order valence-corrected chi connectivity index (χ2v) is 12.6. The van der Waals surface area contributed by atoms with E-state index in [0.29, 0.717) is 0 Å². The Balaban J connectivity index is 2.32.